The van der Waals surface area contributed by atoms with Crippen molar-refractivity contribution in [1.82, 2.24) is 4.57 Å². The second-order valence-corrected chi connectivity index (χ2v) is 6.90. The van der Waals surface area contributed by atoms with E-state index in [4.69, 9.17) is 11.5 Å². The molecule has 0 aliphatic carbocycles. The number of nitrogens with zero attached hydrogens (tertiary/aromatic N) is 3. The highest BCUT2D eigenvalue weighted by Crippen LogP contribution is 2.34. The molecule has 0 saturated carbocycles. The largest absolute Gasteiger partial charge is 0.369 e. The maximum Gasteiger partial charge on any atom is 0.211 e. The molecule has 4 aromatic rings. The van der Waals surface area contributed by atoms with Crippen LogP contribution in [0.4, 0.5) is 0 Å². The fourth-order valence-electron chi connectivity index (χ4n) is 3.70. The first-order valence-electron chi connectivity index (χ1n) is 9.47. The van der Waals surface area contributed by atoms with Gasteiger partial charge in [-0.2, -0.15) is 5.10 Å². The van der Waals surface area contributed by atoms with E-state index in [-0.39, 0.29) is 5.96 Å². The quantitative estimate of drug-likeness (QED) is 0.310. The van der Waals surface area contributed by atoms with Gasteiger partial charge < -0.3 is 16.0 Å². The molecule has 1 aromatic heterocycles. The molecule has 1 heterocycles. The van der Waals surface area contributed by atoms with E-state index in [0.717, 1.165) is 39.0 Å². The number of guanidine groups is 1. The first-order valence-corrected chi connectivity index (χ1v) is 9.47. The Labute approximate surface area is 170 Å². The van der Waals surface area contributed by atoms with Crippen LogP contribution in [0, 0.1) is 0 Å². The molecule has 0 radical (unpaired) electrons. The van der Waals surface area contributed by atoms with Gasteiger partial charge in [-0.1, -0.05) is 78.9 Å². The minimum Gasteiger partial charge on any atom is -0.369 e. The number of benzene rings is 3. The van der Waals surface area contributed by atoms with Crippen LogP contribution in [-0.2, 0) is 13.5 Å². The van der Waals surface area contributed by atoms with E-state index >= 15 is 0 Å². The molecule has 5 heteroatoms. The molecule has 144 valence electrons. The fraction of sp³-hybridized carbons (Fsp3) is 0.0833. The average Bonchev–Trinajstić information content (AvgIpc) is 3.05. The molecule has 0 amide bonds. The van der Waals surface area contributed by atoms with Crippen molar-refractivity contribution < 1.29 is 0 Å². The number of aromatic nitrogens is 1. The smallest absolute Gasteiger partial charge is 0.211 e. The molecule has 4 rings (SSSR count). The zero-order valence-electron chi connectivity index (χ0n) is 16.3. The topological polar surface area (TPSA) is 81.7 Å². The summed E-state index contributed by atoms with van der Waals surface area (Å²) in [7, 11) is 2.08. The Kier molecular flexibility index (Phi) is 5.12. The highest BCUT2D eigenvalue weighted by Gasteiger charge is 2.21. The standard InChI is InChI=1S/C24H23N5/c1-29-21-15-9-8-14-19(21)22(23(29)18-12-6-3-7-13-18)20(27-28-24(25)26)16-17-10-4-2-5-11-17/h2-15H,16H2,1H3,(H4,25,26,28)/b27-20-. The van der Waals surface area contributed by atoms with Crippen molar-refractivity contribution in [3.63, 3.8) is 0 Å². The van der Waals surface area contributed by atoms with E-state index < -0.39 is 0 Å². The Bertz CT molecular complexity index is 1180. The summed E-state index contributed by atoms with van der Waals surface area (Å²) in [4.78, 5) is 0. The SMILES string of the molecule is Cn1c(-c2ccccc2)c(/C(Cc2ccccc2)=N\N=C(N)N)c2ccccc21. The molecule has 5 nitrogen and oxygen atoms in total. The van der Waals surface area contributed by atoms with Gasteiger partial charge in [0.05, 0.1) is 11.4 Å². The summed E-state index contributed by atoms with van der Waals surface area (Å²) >= 11 is 0. The normalized spacial score (nSPS) is 11.6. The molecule has 0 bridgehead atoms. The first kappa shape index (κ1) is 18.5. The van der Waals surface area contributed by atoms with E-state index in [1.54, 1.807) is 0 Å². The number of aryl methyl sites for hydroxylation is 1. The molecule has 0 aliphatic heterocycles. The minimum absolute atomic E-state index is 0.0583. The molecule has 4 N–H and O–H groups in total. The predicted molar refractivity (Wildman–Crippen MR) is 121 cm³/mol. The summed E-state index contributed by atoms with van der Waals surface area (Å²) in [5, 5.41) is 9.60. The van der Waals surface area contributed by atoms with E-state index in [0.29, 0.717) is 6.42 Å². The molecule has 0 aliphatic rings. The van der Waals surface area contributed by atoms with Gasteiger partial charge in [-0.05, 0) is 17.2 Å². The van der Waals surface area contributed by atoms with Crippen LogP contribution in [0.2, 0.25) is 0 Å². The first-order chi connectivity index (χ1) is 14.1. The maximum atomic E-state index is 5.59. The Morgan fingerprint density at radius 3 is 2.10 bits per heavy atom. The Morgan fingerprint density at radius 1 is 0.793 bits per heavy atom. The van der Waals surface area contributed by atoms with Gasteiger partial charge in [-0.15, -0.1) is 5.10 Å². The second-order valence-electron chi connectivity index (χ2n) is 6.90. The highest BCUT2D eigenvalue weighted by atomic mass is 15.3. The Morgan fingerprint density at radius 2 is 1.41 bits per heavy atom. The van der Waals surface area contributed by atoms with Gasteiger partial charge in [-0.3, -0.25) is 0 Å². The summed E-state index contributed by atoms with van der Waals surface area (Å²) in [6.45, 7) is 0. The van der Waals surface area contributed by atoms with Crippen LogP contribution in [0.25, 0.3) is 22.2 Å². The van der Waals surface area contributed by atoms with Crippen LogP contribution >= 0.6 is 0 Å². The van der Waals surface area contributed by atoms with Gasteiger partial charge in [0.1, 0.15) is 0 Å². The summed E-state index contributed by atoms with van der Waals surface area (Å²) in [5.74, 6) is -0.0583. The van der Waals surface area contributed by atoms with Crippen molar-refractivity contribution in [1.29, 1.82) is 0 Å². The predicted octanol–water partition coefficient (Wildman–Crippen LogP) is 4.07. The Hall–Kier alpha value is -3.86. The van der Waals surface area contributed by atoms with Crippen LogP contribution in [-0.4, -0.2) is 16.2 Å². The third-order valence-electron chi connectivity index (χ3n) is 4.94. The van der Waals surface area contributed by atoms with Gasteiger partial charge in [0.25, 0.3) is 0 Å². The molecule has 3 aromatic carbocycles. The van der Waals surface area contributed by atoms with Gasteiger partial charge in [0, 0.05) is 29.9 Å². The number of rotatable bonds is 5. The lowest BCUT2D eigenvalue weighted by Crippen LogP contribution is -2.22. The third kappa shape index (κ3) is 3.75. The van der Waals surface area contributed by atoms with Crippen molar-refractivity contribution in [3.05, 3.63) is 96.1 Å². The number of fused-ring (bicyclic) bond motifs is 1. The molecule has 29 heavy (non-hydrogen) atoms. The maximum absolute atomic E-state index is 5.59. The zero-order valence-corrected chi connectivity index (χ0v) is 16.3. The lowest BCUT2D eigenvalue weighted by Gasteiger charge is -2.11. The zero-order chi connectivity index (χ0) is 20.2. The molecular weight excluding hydrogens is 358 g/mol. The Balaban J connectivity index is 2.00. The van der Waals surface area contributed by atoms with E-state index in [1.165, 1.54) is 0 Å². The second kappa shape index (κ2) is 8.02. The molecule has 0 unspecified atom stereocenters. The highest BCUT2D eigenvalue weighted by molar-refractivity contribution is 6.16. The van der Waals surface area contributed by atoms with Crippen LogP contribution in [0.1, 0.15) is 11.1 Å². The molecule has 0 spiro atoms. The lowest BCUT2D eigenvalue weighted by molar-refractivity contribution is 0.976. The van der Waals surface area contributed by atoms with Crippen molar-refractivity contribution in [2.24, 2.45) is 28.7 Å². The third-order valence-corrected chi connectivity index (χ3v) is 4.94. The molecule has 0 atom stereocenters. The van der Waals surface area contributed by atoms with E-state index in [9.17, 15) is 0 Å². The van der Waals surface area contributed by atoms with Crippen molar-refractivity contribution in [3.8, 4) is 11.3 Å². The number of para-hydroxylation sites is 1. The monoisotopic (exact) mass is 381 g/mol. The summed E-state index contributed by atoms with van der Waals surface area (Å²) in [5.41, 5.74) is 17.5. The van der Waals surface area contributed by atoms with Crippen LogP contribution in [0.5, 0.6) is 0 Å². The summed E-state index contributed by atoms with van der Waals surface area (Å²) in [6, 6.07) is 28.9. The van der Waals surface area contributed by atoms with Gasteiger partial charge in [0.2, 0.25) is 5.96 Å². The van der Waals surface area contributed by atoms with Gasteiger partial charge in [0.15, 0.2) is 0 Å². The van der Waals surface area contributed by atoms with E-state index in [1.807, 2.05) is 48.5 Å². The lowest BCUT2D eigenvalue weighted by atomic mass is 9.96. The number of hydrogen-bond acceptors (Lipinski definition) is 2. The molecular formula is C24H23N5. The van der Waals surface area contributed by atoms with Crippen molar-refractivity contribution in [2.75, 3.05) is 0 Å². The molecule has 0 saturated heterocycles. The number of hydrogen-bond donors (Lipinski definition) is 2. The van der Waals surface area contributed by atoms with Crippen LogP contribution < -0.4 is 11.5 Å². The fourth-order valence-corrected chi connectivity index (χ4v) is 3.70. The van der Waals surface area contributed by atoms with Gasteiger partial charge in [-0.25, -0.2) is 0 Å². The number of nitrogens with two attached hydrogens (primary N) is 2. The average molecular weight is 381 g/mol. The van der Waals surface area contributed by atoms with Crippen LogP contribution in [0.3, 0.4) is 0 Å². The van der Waals surface area contributed by atoms with Gasteiger partial charge >= 0.3 is 0 Å². The van der Waals surface area contributed by atoms with Crippen LogP contribution in [0.15, 0.2) is 95.1 Å². The van der Waals surface area contributed by atoms with E-state index in [2.05, 4.69) is 58.2 Å². The summed E-state index contributed by atoms with van der Waals surface area (Å²) < 4.78 is 2.20. The summed E-state index contributed by atoms with van der Waals surface area (Å²) in [6.07, 6.45) is 0.617. The molecule has 0 fully saturated rings. The van der Waals surface area contributed by atoms with Crippen molar-refractivity contribution >= 4 is 22.6 Å². The van der Waals surface area contributed by atoms with Crippen molar-refractivity contribution in [2.45, 2.75) is 6.42 Å². The minimum atomic E-state index is -0.0583.